The third-order valence-corrected chi connectivity index (χ3v) is 2.20. The van der Waals surface area contributed by atoms with Crippen LogP contribution < -0.4 is 6.15 Å². The monoisotopic (exact) mass is 227 g/mol. The Kier molecular flexibility index (Phi) is 9.88. The van der Waals surface area contributed by atoms with Gasteiger partial charge in [0.05, 0.1) is 6.61 Å². The molecule has 0 aromatic carbocycles. The second-order valence-corrected chi connectivity index (χ2v) is 4.81. The van der Waals surface area contributed by atoms with Gasteiger partial charge in [0.25, 0.3) is 0 Å². The Morgan fingerprint density at radius 2 is 1.79 bits per heavy atom. The summed E-state index contributed by atoms with van der Waals surface area (Å²) >= 11 is 0. The lowest BCUT2D eigenvalue weighted by molar-refractivity contribution is 0.193. The van der Waals surface area contributed by atoms with Gasteiger partial charge in [-0.3, -0.25) is 4.52 Å². The van der Waals surface area contributed by atoms with Crippen LogP contribution in [0.1, 0.15) is 39.5 Å². The van der Waals surface area contributed by atoms with Crippen molar-refractivity contribution in [1.29, 1.82) is 0 Å². The Balaban J connectivity index is 0. The molecule has 0 amide bonds. The average molecular weight is 227 g/mol. The van der Waals surface area contributed by atoms with Gasteiger partial charge in [-0.2, -0.15) is 0 Å². The van der Waals surface area contributed by atoms with Crippen LogP contribution in [0.4, 0.5) is 0 Å². The summed E-state index contributed by atoms with van der Waals surface area (Å²) in [6.07, 6.45) is 3.95. The van der Waals surface area contributed by atoms with Gasteiger partial charge in [0.15, 0.2) is 0 Å². The van der Waals surface area contributed by atoms with E-state index < -0.39 is 7.82 Å². The van der Waals surface area contributed by atoms with E-state index in [0.717, 1.165) is 25.7 Å². The van der Waals surface area contributed by atoms with Crippen molar-refractivity contribution in [2.75, 3.05) is 6.61 Å². The molecule has 0 aliphatic heterocycles. The van der Waals surface area contributed by atoms with Gasteiger partial charge < -0.3 is 15.9 Å². The molecule has 0 spiro atoms. The topological polar surface area (TPSA) is 102 Å². The minimum Gasteiger partial charge on any atom is -0.344 e. The Bertz CT molecular complexity index is 169. The molecule has 0 aliphatic rings. The van der Waals surface area contributed by atoms with E-state index in [2.05, 4.69) is 18.4 Å². The molecule has 5 nitrogen and oxygen atoms in total. The molecule has 0 saturated heterocycles. The van der Waals surface area contributed by atoms with Crippen LogP contribution in [0.15, 0.2) is 0 Å². The van der Waals surface area contributed by atoms with E-state index in [1.807, 2.05) is 0 Å². The van der Waals surface area contributed by atoms with E-state index in [-0.39, 0.29) is 12.8 Å². The lowest BCUT2D eigenvalue weighted by Crippen LogP contribution is -1.93. The molecule has 0 aromatic rings. The van der Waals surface area contributed by atoms with Gasteiger partial charge in [-0.15, -0.1) is 0 Å². The number of rotatable bonds is 7. The number of unbranched alkanes of at least 4 members (excludes halogenated alkanes) is 2. The molecule has 0 atom stereocenters. The standard InChI is InChI=1S/C8H19O4P.H3N/c1-8(2)6-4-3-5-7-12-13(9,10)11;/h8H,3-7H2,1-2H3,(H2,9,10,11);1H3. The highest BCUT2D eigenvalue weighted by Gasteiger charge is 2.12. The number of hydrogen-bond donors (Lipinski definition) is 3. The van der Waals surface area contributed by atoms with Gasteiger partial charge in [0.2, 0.25) is 0 Å². The zero-order chi connectivity index (χ0) is 10.3. The first kappa shape index (κ1) is 16.5. The summed E-state index contributed by atoms with van der Waals surface area (Å²) in [6, 6.07) is 0. The molecule has 0 bridgehead atoms. The van der Waals surface area contributed by atoms with Crippen molar-refractivity contribution < 1.29 is 18.9 Å². The van der Waals surface area contributed by atoms with E-state index in [1.54, 1.807) is 0 Å². The van der Waals surface area contributed by atoms with Crippen molar-refractivity contribution in [2.45, 2.75) is 39.5 Å². The quantitative estimate of drug-likeness (QED) is 0.458. The van der Waals surface area contributed by atoms with Crippen LogP contribution in [0.3, 0.4) is 0 Å². The lowest BCUT2D eigenvalue weighted by atomic mass is 10.1. The summed E-state index contributed by atoms with van der Waals surface area (Å²) in [6.45, 7) is 4.47. The molecule has 0 aromatic heterocycles. The summed E-state index contributed by atoms with van der Waals surface area (Å²) in [5.41, 5.74) is 0. The van der Waals surface area contributed by atoms with Gasteiger partial charge >= 0.3 is 7.82 Å². The molecular formula is C8H22NO4P. The number of hydrogen-bond acceptors (Lipinski definition) is 3. The van der Waals surface area contributed by atoms with Crippen molar-refractivity contribution in [3.8, 4) is 0 Å². The zero-order valence-electron chi connectivity index (χ0n) is 8.98. The highest BCUT2D eigenvalue weighted by Crippen LogP contribution is 2.35. The maximum absolute atomic E-state index is 10.2. The fourth-order valence-corrected chi connectivity index (χ4v) is 1.38. The highest BCUT2D eigenvalue weighted by atomic mass is 31.2. The van der Waals surface area contributed by atoms with Crippen LogP contribution >= 0.6 is 7.82 Å². The molecule has 6 heteroatoms. The van der Waals surface area contributed by atoms with Crippen LogP contribution in [0.2, 0.25) is 0 Å². The first-order valence-corrected chi connectivity index (χ1v) is 6.15. The van der Waals surface area contributed by atoms with E-state index >= 15 is 0 Å². The van der Waals surface area contributed by atoms with Crippen molar-refractivity contribution in [3.05, 3.63) is 0 Å². The van der Waals surface area contributed by atoms with Gasteiger partial charge in [-0.25, -0.2) is 4.57 Å². The lowest BCUT2D eigenvalue weighted by Gasteiger charge is -2.05. The minimum absolute atomic E-state index is 0. The Labute approximate surface area is 85.7 Å². The van der Waals surface area contributed by atoms with E-state index in [0.29, 0.717) is 5.92 Å². The first-order valence-electron chi connectivity index (χ1n) is 4.62. The zero-order valence-corrected chi connectivity index (χ0v) is 9.87. The molecule has 0 rings (SSSR count). The number of phosphoric acid groups is 1. The molecule has 0 aliphatic carbocycles. The fourth-order valence-electron chi connectivity index (χ4n) is 1.01. The van der Waals surface area contributed by atoms with Gasteiger partial charge in [0.1, 0.15) is 0 Å². The summed E-state index contributed by atoms with van der Waals surface area (Å²) in [7, 11) is -4.23. The Hall–Kier alpha value is 0.0700. The van der Waals surface area contributed by atoms with Crippen LogP contribution in [0.5, 0.6) is 0 Å². The van der Waals surface area contributed by atoms with Crippen LogP contribution in [0.25, 0.3) is 0 Å². The molecular weight excluding hydrogens is 205 g/mol. The average Bonchev–Trinajstić information content (AvgIpc) is 1.93. The van der Waals surface area contributed by atoms with Crippen molar-refractivity contribution >= 4 is 7.82 Å². The molecule has 14 heavy (non-hydrogen) atoms. The molecule has 5 N–H and O–H groups in total. The summed E-state index contributed by atoms with van der Waals surface area (Å²) in [4.78, 5) is 16.7. The minimum atomic E-state index is -4.23. The van der Waals surface area contributed by atoms with Crippen LogP contribution in [-0.2, 0) is 9.09 Å². The first-order chi connectivity index (χ1) is 5.92. The summed E-state index contributed by atoms with van der Waals surface area (Å²) in [5, 5.41) is 0. The van der Waals surface area contributed by atoms with E-state index in [4.69, 9.17) is 9.79 Å². The maximum atomic E-state index is 10.2. The summed E-state index contributed by atoms with van der Waals surface area (Å²) < 4.78 is 14.5. The number of phosphoric ester groups is 1. The van der Waals surface area contributed by atoms with Gasteiger partial charge in [-0.1, -0.05) is 33.1 Å². The van der Waals surface area contributed by atoms with E-state index in [1.165, 1.54) is 0 Å². The largest absolute Gasteiger partial charge is 0.469 e. The molecule has 88 valence electrons. The van der Waals surface area contributed by atoms with Crippen LogP contribution in [-0.4, -0.2) is 16.4 Å². The molecule has 0 unspecified atom stereocenters. The van der Waals surface area contributed by atoms with Crippen molar-refractivity contribution in [1.82, 2.24) is 6.15 Å². The SMILES string of the molecule is CC(C)CCCCCOP(=O)(O)O.N. The van der Waals surface area contributed by atoms with Gasteiger partial charge in [0, 0.05) is 0 Å². The highest BCUT2D eigenvalue weighted by molar-refractivity contribution is 7.46. The normalized spacial score (nSPS) is 11.5. The fraction of sp³-hybridized carbons (Fsp3) is 1.00. The third kappa shape index (κ3) is 14.6. The Morgan fingerprint density at radius 3 is 2.21 bits per heavy atom. The molecule has 0 radical (unpaired) electrons. The maximum Gasteiger partial charge on any atom is 0.469 e. The van der Waals surface area contributed by atoms with Crippen LogP contribution in [0, 0.1) is 5.92 Å². The molecule has 0 saturated carbocycles. The predicted octanol–water partition coefficient (Wildman–Crippen LogP) is 2.47. The molecule has 0 fully saturated rings. The van der Waals surface area contributed by atoms with E-state index in [9.17, 15) is 4.57 Å². The second-order valence-electron chi connectivity index (χ2n) is 3.57. The molecule has 0 heterocycles. The third-order valence-electron chi connectivity index (χ3n) is 1.69. The van der Waals surface area contributed by atoms with Crippen molar-refractivity contribution in [2.24, 2.45) is 5.92 Å². The predicted molar refractivity (Wildman–Crippen MR) is 56.3 cm³/mol. The smallest absolute Gasteiger partial charge is 0.344 e. The van der Waals surface area contributed by atoms with Gasteiger partial charge in [-0.05, 0) is 12.3 Å². The Morgan fingerprint density at radius 1 is 1.21 bits per heavy atom. The summed E-state index contributed by atoms with van der Waals surface area (Å²) in [5.74, 6) is 0.697. The van der Waals surface area contributed by atoms with Crippen molar-refractivity contribution in [3.63, 3.8) is 0 Å². The second kappa shape index (κ2) is 8.38.